The highest BCUT2D eigenvalue weighted by Gasteiger charge is 2.10. The molecular formula is C13H10FNO3. The first kappa shape index (κ1) is 12.0. The summed E-state index contributed by atoms with van der Waals surface area (Å²) in [5.74, 6) is -1.08. The van der Waals surface area contributed by atoms with Crippen molar-refractivity contribution < 1.29 is 19.0 Å². The second kappa shape index (κ2) is 4.83. The minimum absolute atomic E-state index is 0.0983. The smallest absolute Gasteiger partial charge is 0.354 e. The third kappa shape index (κ3) is 2.29. The summed E-state index contributed by atoms with van der Waals surface area (Å²) in [5.41, 5.74) is 0.931. The minimum Gasteiger partial charge on any atom is -0.496 e. The van der Waals surface area contributed by atoms with E-state index in [1.165, 1.54) is 37.6 Å². The zero-order chi connectivity index (χ0) is 13.1. The molecule has 0 aliphatic rings. The van der Waals surface area contributed by atoms with Crippen LogP contribution in [0.25, 0.3) is 11.1 Å². The van der Waals surface area contributed by atoms with Gasteiger partial charge >= 0.3 is 5.97 Å². The number of halogens is 1. The Morgan fingerprint density at radius 2 is 2.11 bits per heavy atom. The molecule has 0 radical (unpaired) electrons. The molecule has 92 valence electrons. The topological polar surface area (TPSA) is 59.4 Å². The summed E-state index contributed by atoms with van der Waals surface area (Å²) < 4.78 is 18.4. The Labute approximate surface area is 103 Å². The quantitative estimate of drug-likeness (QED) is 0.905. The number of nitrogens with zero attached hydrogens (tertiary/aromatic N) is 1. The molecule has 18 heavy (non-hydrogen) atoms. The average molecular weight is 247 g/mol. The Balaban J connectivity index is 2.57. The summed E-state index contributed by atoms with van der Waals surface area (Å²) in [6.45, 7) is 0. The van der Waals surface area contributed by atoms with E-state index >= 15 is 0 Å². The second-order valence-electron chi connectivity index (χ2n) is 3.58. The van der Waals surface area contributed by atoms with Crippen molar-refractivity contribution in [3.05, 3.63) is 48.0 Å². The van der Waals surface area contributed by atoms with E-state index in [2.05, 4.69) is 4.98 Å². The Bertz CT molecular complexity index is 599. The van der Waals surface area contributed by atoms with E-state index in [0.717, 1.165) is 0 Å². The summed E-state index contributed by atoms with van der Waals surface area (Å²) in [4.78, 5) is 14.5. The van der Waals surface area contributed by atoms with Gasteiger partial charge in [-0.2, -0.15) is 0 Å². The fourth-order valence-electron chi connectivity index (χ4n) is 1.62. The maximum Gasteiger partial charge on any atom is 0.354 e. The normalized spacial score (nSPS) is 10.1. The van der Waals surface area contributed by atoms with Crippen LogP contribution in [0.15, 0.2) is 36.5 Å². The summed E-state index contributed by atoms with van der Waals surface area (Å²) >= 11 is 0. The van der Waals surface area contributed by atoms with Crippen LogP contribution in [0, 0.1) is 5.82 Å². The van der Waals surface area contributed by atoms with E-state index < -0.39 is 11.8 Å². The summed E-state index contributed by atoms with van der Waals surface area (Å²) in [6.07, 6.45) is 1.36. The van der Waals surface area contributed by atoms with Crippen LogP contribution in [0.5, 0.6) is 5.75 Å². The van der Waals surface area contributed by atoms with Crippen molar-refractivity contribution in [2.75, 3.05) is 7.11 Å². The molecule has 0 atom stereocenters. The number of carboxylic acid groups (broad SMARTS) is 1. The predicted molar refractivity (Wildman–Crippen MR) is 63.1 cm³/mol. The molecule has 1 heterocycles. The van der Waals surface area contributed by atoms with Gasteiger partial charge in [-0.15, -0.1) is 0 Å². The molecule has 4 nitrogen and oxygen atoms in total. The van der Waals surface area contributed by atoms with Crippen molar-refractivity contribution in [1.82, 2.24) is 4.98 Å². The Hall–Kier alpha value is -2.43. The third-order valence-corrected chi connectivity index (χ3v) is 2.45. The van der Waals surface area contributed by atoms with Gasteiger partial charge in [0.1, 0.15) is 17.3 Å². The molecule has 0 aliphatic heterocycles. The van der Waals surface area contributed by atoms with Crippen LogP contribution in [0.4, 0.5) is 4.39 Å². The van der Waals surface area contributed by atoms with Crippen molar-refractivity contribution in [3.8, 4) is 16.9 Å². The van der Waals surface area contributed by atoms with Gasteiger partial charge in [0.05, 0.1) is 7.11 Å². The van der Waals surface area contributed by atoms with Crippen LogP contribution in [0.1, 0.15) is 10.5 Å². The first-order valence-electron chi connectivity index (χ1n) is 5.15. The molecule has 0 unspecified atom stereocenters. The van der Waals surface area contributed by atoms with E-state index in [0.29, 0.717) is 16.9 Å². The van der Waals surface area contributed by atoms with Gasteiger partial charge in [0, 0.05) is 11.8 Å². The molecule has 5 heteroatoms. The number of ether oxygens (including phenoxy) is 1. The molecule has 0 aliphatic carbocycles. The SMILES string of the molecule is COc1ccc(F)cc1-c1ccnc(C(=O)O)c1. The average Bonchev–Trinajstić information content (AvgIpc) is 2.39. The number of pyridine rings is 1. The minimum atomic E-state index is -1.13. The highest BCUT2D eigenvalue weighted by Crippen LogP contribution is 2.30. The molecular weight excluding hydrogens is 237 g/mol. The van der Waals surface area contributed by atoms with Crippen molar-refractivity contribution in [2.24, 2.45) is 0 Å². The van der Waals surface area contributed by atoms with E-state index in [9.17, 15) is 9.18 Å². The van der Waals surface area contributed by atoms with E-state index in [-0.39, 0.29) is 5.69 Å². The van der Waals surface area contributed by atoms with Gasteiger partial charge in [-0.3, -0.25) is 0 Å². The van der Waals surface area contributed by atoms with Gasteiger partial charge in [0.15, 0.2) is 0 Å². The van der Waals surface area contributed by atoms with Gasteiger partial charge in [-0.05, 0) is 35.9 Å². The van der Waals surface area contributed by atoms with Crippen LogP contribution in [-0.4, -0.2) is 23.2 Å². The van der Waals surface area contributed by atoms with Crippen LogP contribution in [-0.2, 0) is 0 Å². The standard InChI is InChI=1S/C13H10FNO3/c1-18-12-3-2-9(14)7-10(12)8-4-5-15-11(6-8)13(16)17/h2-7H,1H3,(H,16,17). The zero-order valence-electron chi connectivity index (χ0n) is 9.55. The van der Waals surface area contributed by atoms with Crippen molar-refractivity contribution in [2.45, 2.75) is 0 Å². The molecule has 0 fully saturated rings. The number of aromatic carboxylic acids is 1. The Morgan fingerprint density at radius 1 is 1.33 bits per heavy atom. The molecule has 0 amide bonds. The van der Waals surface area contributed by atoms with Gasteiger partial charge in [-0.1, -0.05) is 0 Å². The highest BCUT2D eigenvalue weighted by atomic mass is 19.1. The Morgan fingerprint density at radius 3 is 2.78 bits per heavy atom. The molecule has 1 aromatic carbocycles. The molecule has 1 N–H and O–H groups in total. The first-order chi connectivity index (χ1) is 8.61. The lowest BCUT2D eigenvalue weighted by atomic mass is 10.0. The van der Waals surface area contributed by atoms with Crippen molar-refractivity contribution in [1.29, 1.82) is 0 Å². The molecule has 0 spiro atoms. The summed E-state index contributed by atoms with van der Waals surface area (Å²) in [6, 6.07) is 7.04. The predicted octanol–water partition coefficient (Wildman–Crippen LogP) is 2.59. The van der Waals surface area contributed by atoms with Gasteiger partial charge < -0.3 is 9.84 Å². The first-order valence-corrected chi connectivity index (χ1v) is 5.15. The number of carbonyl (C=O) groups is 1. The third-order valence-electron chi connectivity index (χ3n) is 2.45. The molecule has 2 aromatic rings. The van der Waals surface area contributed by atoms with Crippen LogP contribution < -0.4 is 4.74 Å². The fourth-order valence-corrected chi connectivity index (χ4v) is 1.62. The second-order valence-corrected chi connectivity index (χ2v) is 3.58. The lowest BCUT2D eigenvalue weighted by Crippen LogP contribution is -2.00. The monoisotopic (exact) mass is 247 g/mol. The van der Waals surface area contributed by atoms with Gasteiger partial charge in [0.2, 0.25) is 0 Å². The number of rotatable bonds is 3. The van der Waals surface area contributed by atoms with E-state index in [1.54, 1.807) is 6.07 Å². The lowest BCUT2D eigenvalue weighted by molar-refractivity contribution is 0.0690. The van der Waals surface area contributed by atoms with E-state index in [4.69, 9.17) is 9.84 Å². The number of benzene rings is 1. The highest BCUT2D eigenvalue weighted by molar-refractivity contribution is 5.87. The number of hydrogen-bond acceptors (Lipinski definition) is 3. The number of aromatic nitrogens is 1. The van der Waals surface area contributed by atoms with Crippen LogP contribution in [0.2, 0.25) is 0 Å². The molecule has 0 saturated carbocycles. The van der Waals surface area contributed by atoms with Gasteiger partial charge in [0.25, 0.3) is 0 Å². The van der Waals surface area contributed by atoms with Gasteiger partial charge in [-0.25, -0.2) is 14.2 Å². The molecule has 0 saturated heterocycles. The van der Waals surface area contributed by atoms with Crippen LogP contribution >= 0.6 is 0 Å². The molecule has 2 rings (SSSR count). The number of hydrogen-bond donors (Lipinski definition) is 1. The largest absolute Gasteiger partial charge is 0.496 e. The van der Waals surface area contributed by atoms with Crippen molar-refractivity contribution >= 4 is 5.97 Å². The number of methoxy groups -OCH3 is 1. The number of carboxylic acids is 1. The Kier molecular flexibility index (Phi) is 3.23. The van der Waals surface area contributed by atoms with Crippen molar-refractivity contribution in [3.63, 3.8) is 0 Å². The lowest BCUT2D eigenvalue weighted by Gasteiger charge is -2.08. The van der Waals surface area contributed by atoms with E-state index in [1.807, 2.05) is 0 Å². The van der Waals surface area contributed by atoms with Crippen LogP contribution in [0.3, 0.4) is 0 Å². The molecule has 0 bridgehead atoms. The fraction of sp³-hybridized carbons (Fsp3) is 0.0769. The molecule has 1 aromatic heterocycles. The maximum absolute atomic E-state index is 13.2. The summed E-state index contributed by atoms with van der Waals surface area (Å²) in [5, 5.41) is 8.87. The summed E-state index contributed by atoms with van der Waals surface area (Å²) in [7, 11) is 1.47. The maximum atomic E-state index is 13.2. The zero-order valence-corrected chi connectivity index (χ0v) is 9.55.